The van der Waals surface area contributed by atoms with Crippen LogP contribution in [0.4, 0.5) is 0 Å². The number of rotatable bonds is 2. The first-order chi connectivity index (χ1) is 8.25. The van der Waals surface area contributed by atoms with Crippen molar-refractivity contribution < 1.29 is 0 Å². The molecule has 2 aliphatic rings. The number of aliphatic imine (C=N–C) groups is 1. The molecule has 1 aliphatic carbocycles. The summed E-state index contributed by atoms with van der Waals surface area (Å²) >= 11 is 0. The molecule has 0 aromatic carbocycles. The predicted octanol–water partition coefficient (Wildman–Crippen LogP) is 3.23. The van der Waals surface area contributed by atoms with Crippen molar-refractivity contribution in [1.29, 1.82) is 0 Å². The minimum atomic E-state index is 0. The van der Waals surface area contributed by atoms with Crippen LogP contribution in [0.1, 0.15) is 51.9 Å². The lowest BCUT2D eigenvalue weighted by Gasteiger charge is -2.29. The number of guanidine groups is 1. The summed E-state index contributed by atoms with van der Waals surface area (Å²) in [6.45, 7) is 5.53. The number of halogens is 1. The van der Waals surface area contributed by atoms with Crippen LogP contribution in [0.15, 0.2) is 4.99 Å². The topological polar surface area (TPSA) is 41.6 Å². The molecule has 106 valence electrons. The van der Waals surface area contributed by atoms with Crippen LogP contribution in [-0.2, 0) is 0 Å². The third-order valence-electron chi connectivity index (χ3n) is 4.24. The normalized spacial score (nSPS) is 29.8. The molecule has 2 rings (SSSR count). The van der Waals surface area contributed by atoms with Gasteiger partial charge < -0.3 is 10.6 Å². The zero-order valence-electron chi connectivity index (χ0n) is 11.6. The first-order valence-electron chi connectivity index (χ1n) is 7.30. The van der Waals surface area contributed by atoms with Crippen LogP contribution in [0, 0.1) is 11.8 Å². The zero-order valence-corrected chi connectivity index (χ0v) is 13.9. The molecule has 3 nitrogen and oxygen atoms in total. The van der Waals surface area contributed by atoms with Crippen LogP contribution >= 0.6 is 24.0 Å². The van der Waals surface area contributed by atoms with E-state index in [1.165, 1.54) is 44.9 Å². The highest BCUT2D eigenvalue weighted by molar-refractivity contribution is 14.0. The Morgan fingerprint density at radius 2 is 1.89 bits per heavy atom. The van der Waals surface area contributed by atoms with Crippen molar-refractivity contribution in [2.45, 2.75) is 51.9 Å². The van der Waals surface area contributed by atoms with E-state index in [2.05, 4.69) is 16.8 Å². The molecular formula is C14H28IN3. The lowest BCUT2D eigenvalue weighted by atomic mass is 9.82. The van der Waals surface area contributed by atoms with Crippen LogP contribution in [-0.4, -0.2) is 30.5 Å². The fraction of sp³-hybridized carbons (Fsp3) is 0.929. The molecule has 0 bridgehead atoms. The summed E-state index contributed by atoms with van der Waals surface area (Å²) in [5.74, 6) is 2.46. The molecule has 2 atom stereocenters. The van der Waals surface area contributed by atoms with E-state index in [0.29, 0.717) is 0 Å². The Morgan fingerprint density at radius 1 is 1.17 bits per heavy atom. The van der Waals surface area contributed by atoms with Gasteiger partial charge in [0.2, 0.25) is 0 Å². The van der Waals surface area contributed by atoms with E-state index < -0.39 is 0 Å². The summed E-state index contributed by atoms with van der Waals surface area (Å²) in [5.41, 5.74) is 6.08. The molecule has 1 aliphatic heterocycles. The van der Waals surface area contributed by atoms with Crippen LogP contribution in [0.5, 0.6) is 0 Å². The number of nitrogens with two attached hydrogens (primary N) is 1. The Kier molecular flexibility index (Phi) is 7.34. The molecule has 2 fully saturated rings. The summed E-state index contributed by atoms with van der Waals surface area (Å²) < 4.78 is 0. The summed E-state index contributed by atoms with van der Waals surface area (Å²) in [6, 6.07) is 0. The maximum atomic E-state index is 6.08. The number of nitrogens with zero attached hydrogens (tertiary/aromatic N) is 2. The first-order valence-corrected chi connectivity index (χ1v) is 7.30. The highest BCUT2D eigenvalue weighted by Gasteiger charge is 2.19. The molecule has 0 amide bonds. The summed E-state index contributed by atoms with van der Waals surface area (Å²) in [6.07, 6.45) is 9.38. The van der Waals surface area contributed by atoms with Gasteiger partial charge in [0.1, 0.15) is 0 Å². The second-order valence-electron chi connectivity index (χ2n) is 5.88. The second kappa shape index (κ2) is 8.23. The molecule has 0 aromatic rings. The van der Waals surface area contributed by atoms with Crippen molar-refractivity contribution in [3.63, 3.8) is 0 Å². The van der Waals surface area contributed by atoms with E-state index >= 15 is 0 Å². The molecular weight excluding hydrogens is 337 g/mol. The standard InChI is InChI=1S/C14H27N3.HI/c1-12-6-5-7-13(10-12)11-16-14(15)17-8-3-2-4-9-17;/h12-13H,2-11H2,1H3,(H2,15,16);1H. The van der Waals surface area contributed by atoms with Crippen LogP contribution in [0.3, 0.4) is 0 Å². The van der Waals surface area contributed by atoms with Gasteiger partial charge in [0.05, 0.1) is 0 Å². The zero-order chi connectivity index (χ0) is 12.1. The Labute approximate surface area is 129 Å². The van der Waals surface area contributed by atoms with Crippen LogP contribution in [0.25, 0.3) is 0 Å². The molecule has 18 heavy (non-hydrogen) atoms. The van der Waals surface area contributed by atoms with Gasteiger partial charge in [-0.25, -0.2) is 0 Å². The van der Waals surface area contributed by atoms with Crippen molar-refractivity contribution >= 4 is 29.9 Å². The van der Waals surface area contributed by atoms with Gasteiger partial charge in [0.25, 0.3) is 0 Å². The summed E-state index contributed by atoms with van der Waals surface area (Å²) in [4.78, 5) is 6.89. The Balaban J connectivity index is 0.00000162. The largest absolute Gasteiger partial charge is 0.370 e. The van der Waals surface area contributed by atoms with Gasteiger partial charge in [-0.3, -0.25) is 4.99 Å². The molecule has 0 spiro atoms. The summed E-state index contributed by atoms with van der Waals surface area (Å²) in [7, 11) is 0. The minimum Gasteiger partial charge on any atom is -0.370 e. The van der Waals surface area contributed by atoms with E-state index in [1.807, 2.05) is 0 Å². The van der Waals surface area contributed by atoms with Gasteiger partial charge in [-0.15, -0.1) is 24.0 Å². The third-order valence-corrected chi connectivity index (χ3v) is 4.24. The third kappa shape index (κ3) is 4.94. The van der Waals surface area contributed by atoms with Gasteiger partial charge in [-0.05, 0) is 43.9 Å². The molecule has 4 heteroatoms. The van der Waals surface area contributed by atoms with Gasteiger partial charge in [0, 0.05) is 19.6 Å². The molecule has 1 heterocycles. The maximum Gasteiger partial charge on any atom is 0.191 e. The van der Waals surface area contributed by atoms with E-state index in [0.717, 1.165) is 37.4 Å². The molecule has 0 aromatic heterocycles. The number of piperidine rings is 1. The number of hydrogen-bond donors (Lipinski definition) is 1. The first kappa shape index (κ1) is 16.1. The quantitative estimate of drug-likeness (QED) is 0.464. The van der Waals surface area contributed by atoms with Crippen molar-refractivity contribution in [3.05, 3.63) is 0 Å². The van der Waals surface area contributed by atoms with Gasteiger partial charge in [-0.1, -0.05) is 19.8 Å². The smallest absolute Gasteiger partial charge is 0.191 e. The average molecular weight is 365 g/mol. The van der Waals surface area contributed by atoms with Crippen molar-refractivity contribution in [2.75, 3.05) is 19.6 Å². The summed E-state index contributed by atoms with van der Waals surface area (Å²) in [5, 5.41) is 0. The Bertz CT molecular complexity index is 262. The van der Waals surface area contributed by atoms with Gasteiger partial charge in [-0.2, -0.15) is 0 Å². The Morgan fingerprint density at radius 3 is 2.56 bits per heavy atom. The minimum absolute atomic E-state index is 0. The molecule has 1 saturated heterocycles. The highest BCUT2D eigenvalue weighted by atomic mass is 127. The fourth-order valence-corrected chi connectivity index (χ4v) is 3.17. The molecule has 1 saturated carbocycles. The van der Waals surface area contributed by atoms with Crippen molar-refractivity contribution in [1.82, 2.24) is 4.90 Å². The molecule has 2 N–H and O–H groups in total. The lowest BCUT2D eigenvalue weighted by Crippen LogP contribution is -2.41. The lowest BCUT2D eigenvalue weighted by molar-refractivity contribution is 0.286. The Hall–Kier alpha value is 0. The fourth-order valence-electron chi connectivity index (χ4n) is 3.17. The number of hydrogen-bond acceptors (Lipinski definition) is 1. The number of likely N-dealkylation sites (tertiary alicyclic amines) is 1. The molecule has 2 unspecified atom stereocenters. The van der Waals surface area contributed by atoms with Crippen molar-refractivity contribution in [3.8, 4) is 0 Å². The van der Waals surface area contributed by atoms with E-state index in [9.17, 15) is 0 Å². The van der Waals surface area contributed by atoms with E-state index in [1.54, 1.807) is 0 Å². The van der Waals surface area contributed by atoms with Crippen LogP contribution in [0.2, 0.25) is 0 Å². The molecule has 0 radical (unpaired) electrons. The maximum absolute atomic E-state index is 6.08. The second-order valence-corrected chi connectivity index (χ2v) is 5.88. The van der Waals surface area contributed by atoms with Gasteiger partial charge >= 0.3 is 0 Å². The van der Waals surface area contributed by atoms with E-state index in [4.69, 9.17) is 5.73 Å². The van der Waals surface area contributed by atoms with Gasteiger partial charge in [0.15, 0.2) is 5.96 Å². The average Bonchev–Trinajstić information content (AvgIpc) is 2.37. The SMILES string of the molecule is CC1CCCC(CN=C(N)N2CCCCC2)C1.I. The van der Waals surface area contributed by atoms with Crippen LogP contribution < -0.4 is 5.73 Å². The predicted molar refractivity (Wildman–Crippen MR) is 88.5 cm³/mol. The van der Waals surface area contributed by atoms with Crippen molar-refractivity contribution in [2.24, 2.45) is 22.6 Å². The van der Waals surface area contributed by atoms with E-state index in [-0.39, 0.29) is 24.0 Å². The highest BCUT2D eigenvalue weighted by Crippen LogP contribution is 2.28. The monoisotopic (exact) mass is 365 g/mol.